The number of halogens is 1. The van der Waals surface area contributed by atoms with Crippen LogP contribution in [0.4, 0.5) is 4.39 Å². The van der Waals surface area contributed by atoms with Crippen LogP contribution in [0.1, 0.15) is 22.8 Å². The number of fused-ring (bicyclic) bond motifs is 4. The third-order valence-corrected chi connectivity index (χ3v) is 6.34. The Morgan fingerprint density at radius 3 is 2.58 bits per heavy atom. The summed E-state index contributed by atoms with van der Waals surface area (Å²) in [5.41, 5.74) is 3.39. The fourth-order valence-electron chi connectivity index (χ4n) is 4.56. The van der Waals surface area contributed by atoms with E-state index < -0.39 is 11.4 Å². The van der Waals surface area contributed by atoms with E-state index in [0.29, 0.717) is 28.6 Å². The van der Waals surface area contributed by atoms with Gasteiger partial charge in [0.2, 0.25) is 0 Å². The molecule has 0 aliphatic heterocycles. The van der Waals surface area contributed by atoms with Crippen molar-refractivity contribution in [2.24, 2.45) is 0 Å². The van der Waals surface area contributed by atoms with E-state index in [1.807, 2.05) is 31.3 Å². The molecule has 9 heteroatoms. The van der Waals surface area contributed by atoms with E-state index in [0.717, 1.165) is 16.5 Å². The number of carbonyl (C=O) groups excluding carboxylic acids is 1. The van der Waals surface area contributed by atoms with E-state index in [1.54, 1.807) is 36.4 Å². The first-order valence-corrected chi connectivity index (χ1v) is 11.5. The lowest BCUT2D eigenvalue weighted by Crippen LogP contribution is -2.34. The van der Waals surface area contributed by atoms with Crippen molar-refractivity contribution >= 4 is 38.7 Å². The molecule has 6 rings (SSSR count). The number of H-pyrrole nitrogens is 2. The van der Waals surface area contributed by atoms with Gasteiger partial charge < -0.3 is 10.3 Å². The van der Waals surface area contributed by atoms with Crippen molar-refractivity contribution in [1.82, 2.24) is 30.3 Å². The van der Waals surface area contributed by atoms with Crippen molar-refractivity contribution in [3.63, 3.8) is 0 Å². The Kier molecular flexibility index (Phi) is 5.10. The molecule has 36 heavy (non-hydrogen) atoms. The summed E-state index contributed by atoms with van der Waals surface area (Å²) in [6, 6.07) is 19.2. The van der Waals surface area contributed by atoms with E-state index in [4.69, 9.17) is 0 Å². The van der Waals surface area contributed by atoms with Gasteiger partial charge in [-0.05, 0) is 55.3 Å². The summed E-state index contributed by atoms with van der Waals surface area (Å²) >= 11 is 0. The highest BCUT2D eigenvalue weighted by molar-refractivity contribution is 6.01. The molecule has 0 fully saturated rings. The molecule has 0 radical (unpaired) electrons. The summed E-state index contributed by atoms with van der Waals surface area (Å²) in [6.45, 7) is 1.96. The van der Waals surface area contributed by atoms with E-state index >= 15 is 0 Å². The minimum Gasteiger partial charge on any atom is -0.361 e. The Hall–Kier alpha value is -4.79. The molecule has 3 aromatic heterocycles. The highest BCUT2D eigenvalue weighted by Crippen LogP contribution is 2.22. The Labute approximate surface area is 203 Å². The van der Waals surface area contributed by atoms with Gasteiger partial charge in [0.05, 0.1) is 11.2 Å². The molecule has 1 amide bonds. The topological polar surface area (TPSA) is 108 Å². The van der Waals surface area contributed by atoms with Crippen LogP contribution < -0.4 is 10.9 Å². The molecule has 6 aromatic rings. The number of amides is 1. The lowest BCUT2D eigenvalue weighted by Gasteiger charge is -2.14. The van der Waals surface area contributed by atoms with Gasteiger partial charge >= 0.3 is 0 Å². The van der Waals surface area contributed by atoms with Crippen LogP contribution in [0, 0.1) is 5.82 Å². The number of nitrogens with one attached hydrogen (secondary N) is 3. The van der Waals surface area contributed by atoms with Gasteiger partial charge in [0, 0.05) is 34.1 Å². The van der Waals surface area contributed by atoms with Gasteiger partial charge in [-0.25, -0.2) is 9.07 Å². The zero-order valence-corrected chi connectivity index (χ0v) is 19.2. The Balaban J connectivity index is 1.23. The summed E-state index contributed by atoms with van der Waals surface area (Å²) < 4.78 is 15.4. The minimum absolute atomic E-state index is 0.0834. The predicted molar refractivity (Wildman–Crippen MR) is 136 cm³/mol. The largest absolute Gasteiger partial charge is 0.361 e. The first kappa shape index (κ1) is 21.7. The maximum absolute atomic E-state index is 14.1. The van der Waals surface area contributed by atoms with Crippen molar-refractivity contribution in [2.45, 2.75) is 19.4 Å². The molecule has 1 unspecified atom stereocenters. The Bertz CT molecular complexity index is 1820. The number of hydrogen-bond acceptors (Lipinski definition) is 4. The fraction of sp³-hybridized carbons (Fsp3) is 0.111. The van der Waals surface area contributed by atoms with E-state index in [2.05, 4.69) is 31.7 Å². The molecular weight excluding hydrogens is 459 g/mol. The molecule has 8 nitrogen and oxygen atoms in total. The van der Waals surface area contributed by atoms with Crippen molar-refractivity contribution < 1.29 is 9.18 Å². The second-order valence-corrected chi connectivity index (χ2v) is 8.80. The summed E-state index contributed by atoms with van der Waals surface area (Å²) in [5, 5.41) is 15.4. The van der Waals surface area contributed by atoms with Crippen molar-refractivity contribution in [1.29, 1.82) is 0 Å². The van der Waals surface area contributed by atoms with Gasteiger partial charge in [0.25, 0.3) is 11.5 Å². The lowest BCUT2D eigenvalue weighted by atomic mass is 10.1. The smallest absolute Gasteiger partial charge is 0.299 e. The molecule has 0 spiro atoms. The molecule has 1 atom stereocenters. The van der Waals surface area contributed by atoms with Crippen LogP contribution in [-0.4, -0.2) is 36.9 Å². The summed E-state index contributed by atoms with van der Waals surface area (Å²) in [5.74, 6) is -0.713. The van der Waals surface area contributed by atoms with Crippen molar-refractivity contribution in [3.05, 3.63) is 100 Å². The Morgan fingerprint density at radius 2 is 1.75 bits per heavy atom. The Morgan fingerprint density at radius 1 is 1.00 bits per heavy atom. The molecule has 0 saturated carbocycles. The molecule has 0 aliphatic rings. The fourth-order valence-corrected chi connectivity index (χ4v) is 4.56. The maximum atomic E-state index is 14.1. The maximum Gasteiger partial charge on any atom is 0.299 e. The molecule has 178 valence electrons. The first-order chi connectivity index (χ1) is 17.5. The number of rotatable bonds is 5. The minimum atomic E-state index is -0.509. The third-order valence-electron chi connectivity index (χ3n) is 6.34. The molecule has 3 aromatic carbocycles. The average molecular weight is 481 g/mol. The summed E-state index contributed by atoms with van der Waals surface area (Å²) in [6.07, 6.45) is 2.66. The molecular formula is C27H21FN6O2. The number of benzene rings is 3. The zero-order chi connectivity index (χ0) is 24.8. The molecule has 0 aliphatic carbocycles. The standard InChI is InChI=1S/C27H21FN6O2/c1-15(13-17-14-29-22-8-3-2-5-19(17)22)30-26(35)16-9-11-18(12-10-16)34-27(36)25-24(33-34)20-6-4-7-21(28)23(20)31-32-25/h2-12,14-15,29,33H,13H2,1H3,(H,30,35). The second kappa shape index (κ2) is 8.46. The lowest BCUT2D eigenvalue weighted by molar-refractivity contribution is 0.0940. The number of para-hydroxylation sites is 1. The first-order valence-electron chi connectivity index (χ1n) is 11.5. The zero-order valence-electron chi connectivity index (χ0n) is 19.2. The number of hydrogen-bond donors (Lipinski definition) is 3. The quantitative estimate of drug-likeness (QED) is 0.343. The third kappa shape index (κ3) is 3.61. The van der Waals surface area contributed by atoms with Crippen LogP contribution in [0.15, 0.2) is 77.7 Å². The second-order valence-electron chi connectivity index (χ2n) is 8.80. The van der Waals surface area contributed by atoms with Crippen molar-refractivity contribution in [3.8, 4) is 5.69 Å². The normalized spacial score (nSPS) is 12.4. The average Bonchev–Trinajstić information content (AvgIpc) is 3.45. The van der Waals surface area contributed by atoms with Crippen LogP contribution >= 0.6 is 0 Å². The van der Waals surface area contributed by atoms with E-state index in [9.17, 15) is 14.0 Å². The van der Waals surface area contributed by atoms with Gasteiger partial charge in [0.15, 0.2) is 11.3 Å². The van der Waals surface area contributed by atoms with Gasteiger partial charge in [-0.1, -0.05) is 30.3 Å². The summed E-state index contributed by atoms with van der Waals surface area (Å²) in [7, 11) is 0. The van der Waals surface area contributed by atoms with Crippen LogP contribution in [0.2, 0.25) is 0 Å². The number of nitrogens with zero attached hydrogens (tertiary/aromatic N) is 3. The van der Waals surface area contributed by atoms with Gasteiger partial charge in [-0.2, -0.15) is 0 Å². The molecule has 0 bridgehead atoms. The van der Waals surface area contributed by atoms with E-state index in [1.165, 1.54) is 10.7 Å². The van der Waals surface area contributed by atoms with E-state index in [-0.39, 0.29) is 23.0 Å². The number of carbonyl (C=O) groups is 1. The molecule has 3 N–H and O–H groups in total. The van der Waals surface area contributed by atoms with Gasteiger partial charge in [0.1, 0.15) is 5.52 Å². The highest BCUT2D eigenvalue weighted by Gasteiger charge is 2.16. The predicted octanol–water partition coefficient (Wildman–Crippen LogP) is 4.24. The monoisotopic (exact) mass is 480 g/mol. The number of aromatic nitrogens is 5. The van der Waals surface area contributed by atoms with Gasteiger partial charge in [-0.15, -0.1) is 10.2 Å². The van der Waals surface area contributed by atoms with Crippen LogP contribution in [0.25, 0.3) is 38.5 Å². The molecule has 3 heterocycles. The SMILES string of the molecule is CC(Cc1c[nH]c2ccccc12)NC(=O)c1ccc(-n2[nH]c3c(nnc4c(F)cccc43)c2=O)cc1. The summed E-state index contributed by atoms with van der Waals surface area (Å²) in [4.78, 5) is 29.0. The number of aromatic amines is 2. The van der Waals surface area contributed by atoms with Crippen LogP contribution in [-0.2, 0) is 6.42 Å². The highest BCUT2D eigenvalue weighted by atomic mass is 19.1. The molecule has 0 saturated heterocycles. The van der Waals surface area contributed by atoms with Gasteiger partial charge in [-0.3, -0.25) is 14.7 Å². The van der Waals surface area contributed by atoms with Crippen LogP contribution in [0.5, 0.6) is 0 Å². The van der Waals surface area contributed by atoms with Crippen molar-refractivity contribution in [2.75, 3.05) is 0 Å². The van der Waals surface area contributed by atoms with Crippen LogP contribution in [0.3, 0.4) is 0 Å².